The van der Waals surface area contributed by atoms with E-state index in [1.54, 1.807) is 6.92 Å². The summed E-state index contributed by atoms with van der Waals surface area (Å²) in [6, 6.07) is 5.64. The van der Waals surface area contributed by atoms with Gasteiger partial charge in [-0.25, -0.2) is 13.1 Å². The van der Waals surface area contributed by atoms with Crippen molar-refractivity contribution in [2.45, 2.75) is 11.8 Å². The van der Waals surface area contributed by atoms with Crippen molar-refractivity contribution in [3.63, 3.8) is 0 Å². The molecule has 0 bridgehead atoms. The van der Waals surface area contributed by atoms with Gasteiger partial charge >= 0.3 is 6.01 Å². The summed E-state index contributed by atoms with van der Waals surface area (Å²) < 4.78 is 31.2. The molecule has 8 heteroatoms. The van der Waals surface area contributed by atoms with Crippen LogP contribution in [0.2, 0.25) is 5.02 Å². The summed E-state index contributed by atoms with van der Waals surface area (Å²) in [5.41, 5.74) is 0.725. The zero-order valence-corrected chi connectivity index (χ0v) is 11.3. The summed E-state index contributed by atoms with van der Waals surface area (Å²) >= 11 is 5.83. The van der Waals surface area contributed by atoms with Gasteiger partial charge in [0, 0.05) is 0 Å². The first-order chi connectivity index (χ1) is 8.92. The maximum absolute atomic E-state index is 12.1. The highest BCUT2D eigenvalue weighted by molar-refractivity contribution is 7.92. The summed E-state index contributed by atoms with van der Waals surface area (Å²) in [6.07, 6.45) is 1.31. The number of aromatic nitrogens is 1. The molecule has 2 rings (SSSR count). The van der Waals surface area contributed by atoms with E-state index in [0.29, 0.717) is 5.69 Å². The molecule has 0 radical (unpaired) electrons. The van der Waals surface area contributed by atoms with Crippen LogP contribution in [0.3, 0.4) is 0 Å². The van der Waals surface area contributed by atoms with E-state index >= 15 is 0 Å². The van der Waals surface area contributed by atoms with Gasteiger partial charge in [-0.2, -0.15) is 10.2 Å². The van der Waals surface area contributed by atoms with Crippen LogP contribution < -0.4 is 4.72 Å². The normalized spacial score (nSPS) is 11.0. The number of hydrogen-bond acceptors (Lipinski definition) is 5. The average Bonchev–Trinajstić information content (AvgIpc) is 2.74. The molecule has 0 saturated heterocycles. The SMILES string of the molecule is Cc1coc(NS(=O)(=O)c2cc(C#N)ccc2Cl)n1. The van der Waals surface area contributed by atoms with Gasteiger partial charge in [0.2, 0.25) is 0 Å². The van der Waals surface area contributed by atoms with Crippen LogP contribution in [0.15, 0.2) is 33.8 Å². The molecule has 19 heavy (non-hydrogen) atoms. The van der Waals surface area contributed by atoms with Crippen molar-refractivity contribution in [1.82, 2.24) is 4.98 Å². The van der Waals surface area contributed by atoms with E-state index in [1.165, 1.54) is 24.5 Å². The van der Waals surface area contributed by atoms with Crippen molar-refractivity contribution in [1.29, 1.82) is 5.26 Å². The Labute approximate surface area is 114 Å². The number of halogens is 1. The second-order valence-corrected chi connectivity index (χ2v) is 5.71. The second kappa shape index (κ2) is 4.91. The van der Waals surface area contributed by atoms with Crippen LogP contribution in [0.25, 0.3) is 0 Å². The zero-order valence-electron chi connectivity index (χ0n) is 9.71. The van der Waals surface area contributed by atoms with Crippen LogP contribution in [0.1, 0.15) is 11.3 Å². The van der Waals surface area contributed by atoms with Gasteiger partial charge in [0.1, 0.15) is 11.2 Å². The number of hydrogen-bond donors (Lipinski definition) is 1. The Balaban J connectivity index is 2.42. The minimum Gasteiger partial charge on any atom is -0.431 e. The van der Waals surface area contributed by atoms with Crippen LogP contribution in [0.5, 0.6) is 0 Å². The second-order valence-electron chi connectivity index (χ2n) is 3.66. The third-order valence-electron chi connectivity index (χ3n) is 2.19. The molecule has 2 aromatic rings. The average molecular weight is 298 g/mol. The highest BCUT2D eigenvalue weighted by atomic mass is 35.5. The van der Waals surface area contributed by atoms with Gasteiger partial charge in [0.05, 0.1) is 22.3 Å². The van der Waals surface area contributed by atoms with Gasteiger partial charge in [0.15, 0.2) is 0 Å². The fraction of sp³-hybridized carbons (Fsp3) is 0.0909. The van der Waals surface area contributed by atoms with Crippen molar-refractivity contribution >= 4 is 27.6 Å². The smallest absolute Gasteiger partial charge is 0.309 e. The lowest BCUT2D eigenvalue weighted by atomic mass is 10.2. The molecule has 0 saturated carbocycles. The Kier molecular flexibility index (Phi) is 3.46. The number of nitriles is 1. The largest absolute Gasteiger partial charge is 0.431 e. The molecule has 1 heterocycles. The lowest BCUT2D eigenvalue weighted by Gasteiger charge is -2.06. The number of rotatable bonds is 3. The molecule has 0 aliphatic heterocycles. The fourth-order valence-electron chi connectivity index (χ4n) is 1.35. The number of nitrogens with zero attached hydrogens (tertiary/aromatic N) is 2. The van der Waals surface area contributed by atoms with Crippen LogP contribution >= 0.6 is 11.6 Å². The first-order valence-corrected chi connectivity index (χ1v) is 6.93. The maximum Gasteiger partial charge on any atom is 0.309 e. The summed E-state index contributed by atoms with van der Waals surface area (Å²) in [5, 5.41) is 8.78. The molecule has 0 spiro atoms. The van der Waals surface area contributed by atoms with Crippen LogP contribution in [0.4, 0.5) is 6.01 Å². The van der Waals surface area contributed by atoms with E-state index in [9.17, 15) is 8.42 Å². The Hall–Kier alpha value is -2.04. The highest BCUT2D eigenvalue weighted by Gasteiger charge is 2.20. The van der Waals surface area contributed by atoms with Crippen LogP contribution in [-0.4, -0.2) is 13.4 Å². The topological polar surface area (TPSA) is 96.0 Å². The first kappa shape index (κ1) is 13.4. The summed E-state index contributed by atoms with van der Waals surface area (Å²) in [7, 11) is -3.95. The number of anilines is 1. The van der Waals surface area contributed by atoms with Gasteiger partial charge in [-0.05, 0) is 25.1 Å². The third-order valence-corrected chi connectivity index (χ3v) is 3.99. The molecular formula is C11H8ClN3O3S. The Bertz CT molecular complexity index is 762. The van der Waals surface area contributed by atoms with Crippen molar-refractivity contribution in [3.05, 3.63) is 40.7 Å². The number of sulfonamides is 1. The maximum atomic E-state index is 12.1. The van der Waals surface area contributed by atoms with Crippen molar-refractivity contribution < 1.29 is 12.8 Å². The summed E-state index contributed by atoms with van der Waals surface area (Å²) in [4.78, 5) is 3.62. The van der Waals surface area contributed by atoms with Gasteiger partial charge in [-0.1, -0.05) is 11.6 Å². The van der Waals surface area contributed by atoms with Crippen molar-refractivity contribution in [2.75, 3.05) is 4.72 Å². The molecular weight excluding hydrogens is 290 g/mol. The molecule has 0 fully saturated rings. The Morgan fingerprint density at radius 2 is 2.21 bits per heavy atom. The molecule has 1 N–H and O–H groups in total. The lowest BCUT2D eigenvalue weighted by Crippen LogP contribution is -2.14. The van der Waals surface area contributed by atoms with Gasteiger partial charge in [-0.3, -0.25) is 0 Å². The predicted octanol–water partition coefficient (Wildman–Crippen LogP) is 2.31. The molecule has 1 aromatic heterocycles. The highest BCUT2D eigenvalue weighted by Crippen LogP contribution is 2.24. The predicted molar refractivity (Wildman–Crippen MR) is 68.2 cm³/mol. The van der Waals surface area contributed by atoms with E-state index in [4.69, 9.17) is 21.3 Å². The molecule has 0 amide bonds. The summed E-state index contributed by atoms with van der Waals surface area (Å²) in [6.45, 7) is 1.66. The van der Waals surface area contributed by atoms with E-state index in [1.807, 2.05) is 6.07 Å². The van der Waals surface area contributed by atoms with E-state index < -0.39 is 10.0 Å². The molecule has 0 atom stereocenters. The van der Waals surface area contributed by atoms with Gasteiger partial charge < -0.3 is 4.42 Å². The van der Waals surface area contributed by atoms with E-state index in [2.05, 4.69) is 9.71 Å². The molecule has 0 unspecified atom stereocenters. The minimum atomic E-state index is -3.95. The summed E-state index contributed by atoms with van der Waals surface area (Å²) in [5.74, 6) is 0. The molecule has 98 valence electrons. The van der Waals surface area contributed by atoms with Gasteiger partial charge in [0.25, 0.3) is 10.0 Å². The molecule has 6 nitrogen and oxygen atoms in total. The number of oxazole rings is 1. The lowest BCUT2D eigenvalue weighted by molar-refractivity contribution is 0.569. The van der Waals surface area contributed by atoms with Crippen molar-refractivity contribution in [2.24, 2.45) is 0 Å². The quantitative estimate of drug-likeness (QED) is 0.937. The van der Waals surface area contributed by atoms with E-state index in [0.717, 1.165) is 0 Å². The Morgan fingerprint density at radius 3 is 2.79 bits per heavy atom. The molecule has 1 aromatic carbocycles. The van der Waals surface area contributed by atoms with E-state index in [-0.39, 0.29) is 21.5 Å². The molecule has 0 aliphatic rings. The zero-order chi connectivity index (χ0) is 14.0. The monoisotopic (exact) mass is 297 g/mol. The standard InChI is InChI=1S/C11H8ClN3O3S/c1-7-6-18-11(14-7)15-19(16,17)10-4-8(5-13)2-3-9(10)12/h2-4,6H,1H3,(H,14,15). The Morgan fingerprint density at radius 1 is 1.47 bits per heavy atom. The third kappa shape index (κ3) is 2.86. The molecule has 0 aliphatic carbocycles. The first-order valence-electron chi connectivity index (χ1n) is 5.07. The number of aryl methyl sites for hydroxylation is 1. The van der Waals surface area contributed by atoms with Crippen LogP contribution in [-0.2, 0) is 10.0 Å². The van der Waals surface area contributed by atoms with Crippen LogP contribution in [0, 0.1) is 18.3 Å². The van der Waals surface area contributed by atoms with Crippen molar-refractivity contribution in [3.8, 4) is 6.07 Å². The number of nitrogens with one attached hydrogen (secondary N) is 1. The minimum absolute atomic E-state index is 0.00905. The van der Waals surface area contributed by atoms with Gasteiger partial charge in [-0.15, -0.1) is 0 Å². The number of benzene rings is 1. The fourth-order valence-corrected chi connectivity index (χ4v) is 2.81.